The van der Waals surface area contributed by atoms with Gasteiger partial charge in [-0.25, -0.2) is 14.3 Å². The van der Waals surface area contributed by atoms with Gasteiger partial charge in [-0.3, -0.25) is 4.79 Å². The fourth-order valence-electron chi connectivity index (χ4n) is 2.56. The van der Waals surface area contributed by atoms with Gasteiger partial charge in [-0.05, 0) is 32.9 Å². The van der Waals surface area contributed by atoms with Gasteiger partial charge in [0.25, 0.3) is 0 Å². The van der Waals surface area contributed by atoms with E-state index in [4.69, 9.17) is 9.47 Å². The van der Waals surface area contributed by atoms with E-state index in [1.54, 1.807) is 39.0 Å². The highest BCUT2D eigenvalue weighted by molar-refractivity contribution is 7.81. The van der Waals surface area contributed by atoms with Crippen LogP contribution in [0.3, 0.4) is 0 Å². The number of imidazole rings is 1. The van der Waals surface area contributed by atoms with Crippen molar-refractivity contribution >= 4 is 35.7 Å². The van der Waals surface area contributed by atoms with Gasteiger partial charge < -0.3 is 9.47 Å². The van der Waals surface area contributed by atoms with Crippen molar-refractivity contribution in [2.75, 3.05) is 5.75 Å². The second kappa shape index (κ2) is 7.44. The van der Waals surface area contributed by atoms with Gasteiger partial charge in [-0.1, -0.05) is 30.3 Å². The molecule has 3 rings (SSSR count). The Bertz CT molecular complexity index is 990. The molecule has 7 heteroatoms. The minimum absolute atomic E-state index is 0.0430. The Hall–Kier alpha value is -2.80. The molecule has 0 saturated carbocycles. The average Bonchev–Trinajstić information content (AvgIpc) is 2.99. The number of fused-ring (bicyclic) bond motifs is 1. The van der Waals surface area contributed by atoms with Crippen molar-refractivity contribution < 1.29 is 19.1 Å². The first-order valence-corrected chi connectivity index (χ1v) is 9.04. The lowest BCUT2D eigenvalue weighted by molar-refractivity contribution is -0.131. The zero-order valence-corrected chi connectivity index (χ0v) is 16.2. The highest BCUT2D eigenvalue weighted by Gasteiger charge is 2.24. The van der Waals surface area contributed by atoms with E-state index in [2.05, 4.69) is 17.6 Å². The Balaban J connectivity index is 2.17. The van der Waals surface area contributed by atoms with E-state index in [0.717, 1.165) is 5.56 Å². The van der Waals surface area contributed by atoms with Crippen molar-refractivity contribution in [3.8, 4) is 17.1 Å². The number of carbonyl (C=O) groups is 2. The summed E-state index contributed by atoms with van der Waals surface area (Å²) >= 11 is 3.90. The van der Waals surface area contributed by atoms with E-state index in [9.17, 15) is 9.59 Å². The molecule has 0 spiro atoms. The van der Waals surface area contributed by atoms with Crippen molar-refractivity contribution in [2.24, 2.45) is 0 Å². The molecule has 0 atom stereocenters. The molecule has 0 aliphatic heterocycles. The molecule has 6 nitrogen and oxygen atoms in total. The molecule has 0 saturated heterocycles. The Morgan fingerprint density at radius 3 is 2.44 bits per heavy atom. The second-order valence-corrected chi connectivity index (χ2v) is 7.22. The first-order chi connectivity index (χ1) is 12.8. The van der Waals surface area contributed by atoms with E-state index < -0.39 is 17.7 Å². The van der Waals surface area contributed by atoms with E-state index in [-0.39, 0.29) is 5.75 Å². The lowest BCUT2D eigenvalue weighted by Crippen LogP contribution is -2.27. The van der Waals surface area contributed by atoms with Crippen molar-refractivity contribution in [3.05, 3.63) is 48.5 Å². The van der Waals surface area contributed by atoms with Crippen LogP contribution in [-0.2, 0) is 9.53 Å². The average molecular weight is 384 g/mol. The Morgan fingerprint density at radius 1 is 1.11 bits per heavy atom. The SMILES string of the molecule is CC(C)(C)OC(=O)n1c(-c2ccccc2)nc2ccc(OC(=O)CS)cc21. The number of hydrogen-bond acceptors (Lipinski definition) is 6. The third kappa shape index (κ3) is 4.31. The summed E-state index contributed by atoms with van der Waals surface area (Å²) in [5, 5.41) is 0. The van der Waals surface area contributed by atoms with E-state index in [0.29, 0.717) is 22.6 Å². The molecule has 0 bridgehead atoms. The molecule has 3 aromatic rings. The van der Waals surface area contributed by atoms with Crippen molar-refractivity contribution in [1.82, 2.24) is 9.55 Å². The second-order valence-electron chi connectivity index (χ2n) is 6.90. The Kier molecular flexibility index (Phi) is 5.23. The van der Waals surface area contributed by atoms with Crippen LogP contribution in [0.5, 0.6) is 5.75 Å². The zero-order valence-electron chi connectivity index (χ0n) is 15.3. The summed E-state index contributed by atoms with van der Waals surface area (Å²) in [6.45, 7) is 5.39. The first kappa shape index (κ1) is 19.0. The van der Waals surface area contributed by atoms with E-state index in [1.165, 1.54) is 4.57 Å². The number of carbonyl (C=O) groups excluding carboxylic acids is 2. The maximum atomic E-state index is 12.9. The van der Waals surface area contributed by atoms with Crippen LogP contribution in [0.15, 0.2) is 48.5 Å². The van der Waals surface area contributed by atoms with Crippen LogP contribution in [0.1, 0.15) is 20.8 Å². The van der Waals surface area contributed by atoms with Crippen LogP contribution < -0.4 is 4.74 Å². The normalized spacial score (nSPS) is 11.4. The minimum atomic E-state index is -0.669. The number of aromatic nitrogens is 2. The number of esters is 1. The van der Waals surface area contributed by atoms with Gasteiger partial charge >= 0.3 is 12.1 Å². The number of benzene rings is 2. The largest absolute Gasteiger partial charge is 0.443 e. The van der Waals surface area contributed by atoms with Crippen LogP contribution in [-0.4, -0.2) is 33.0 Å². The third-order valence-corrected chi connectivity index (χ3v) is 3.85. The molecule has 0 aliphatic rings. The van der Waals surface area contributed by atoms with Crippen LogP contribution in [0.25, 0.3) is 22.4 Å². The predicted octanol–water partition coefficient (Wildman–Crippen LogP) is 4.32. The van der Waals surface area contributed by atoms with Gasteiger partial charge in [0, 0.05) is 11.6 Å². The highest BCUT2D eigenvalue weighted by atomic mass is 32.1. The molecule has 1 heterocycles. The van der Waals surface area contributed by atoms with Crippen LogP contribution in [0.2, 0.25) is 0 Å². The monoisotopic (exact) mass is 384 g/mol. The van der Waals surface area contributed by atoms with Crippen molar-refractivity contribution in [1.29, 1.82) is 0 Å². The molecule has 0 amide bonds. The summed E-state index contributed by atoms with van der Waals surface area (Å²) in [5.41, 5.74) is 1.18. The summed E-state index contributed by atoms with van der Waals surface area (Å²) < 4.78 is 12.2. The number of thiol groups is 1. The molecular formula is C20H20N2O4S. The summed E-state index contributed by atoms with van der Waals surface area (Å²) in [5.74, 6) is 0.242. The molecule has 1 aromatic heterocycles. The number of rotatable bonds is 3. The fourth-order valence-corrected chi connectivity index (χ4v) is 2.62. The summed E-state index contributed by atoms with van der Waals surface area (Å²) in [6.07, 6.45) is -0.554. The van der Waals surface area contributed by atoms with Crippen LogP contribution in [0.4, 0.5) is 4.79 Å². The van der Waals surface area contributed by atoms with Gasteiger partial charge in [-0.15, -0.1) is 0 Å². The first-order valence-electron chi connectivity index (χ1n) is 8.41. The van der Waals surface area contributed by atoms with Gasteiger partial charge in [0.05, 0.1) is 16.8 Å². The summed E-state index contributed by atoms with van der Waals surface area (Å²) in [6, 6.07) is 14.3. The van der Waals surface area contributed by atoms with E-state index in [1.807, 2.05) is 30.3 Å². The molecular weight excluding hydrogens is 364 g/mol. The maximum absolute atomic E-state index is 12.9. The molecule has 0 fully saturated rings. The highest BCUT2D eigenvalue weighted by Crippen LogP contribution is 2.28. The molecule has 0 radical (unpaired) electrons. The van der Waals surface area contributed by atoms with Crippen molar-refractivity contribution in [2.45, 2.75) is 26.4 Å². The maximum Gasteiger partial charge on any atom is 0.420 e. The standard InChI is InChI=1S/C20H20N2O4S/c1-20(2,3)26-19(24)22-16-11-14(25-17(23)12-27)9-10-15(16)21-18(22)13-7-5-4-6-8-13/h4-11,27H,12H2,1-3H3. The molecule has 0 unspecified atom stereocenters. The summed E-state index contributed by atoms with van der Waals surface area (Å²) in [7, 11) is 0. The minimum Gasteiger partial charge on any atom is -0.443 e. The topological polar surface area (TPSA) is 70.4 Å². The van der Waals surface area contributed by atoms with Crippen molar-refractivity contribution in [3.63, 3.8) is 0 Å². The fraction of sp³-hybridized carbons (Fsp3) is 0.250. The number of nitrogens with zero attached hydrogens (tertiary/aromatic N) is 2. The van der Waals surface area contributed by atoms with Gasteiger partial charge in [-0.2, -0.15) is 12.6 Å². The number of ether oxygens (including phenoxy) is 2. The summed E-state index contributed by atoms with van der Waals surface area (Å²) in [4.78, 5) is 29.0. The predicted molar refractivity (Wildman–Crippen MR) is 106 cm³/mol. The van der Waals surface area contributed by atoms with Crippen LogP contribution in [0, 0.1) is 0 Å². The smallest absolute Gasteiger partial charge is 0.420 e. The van der Waals surface area contributed by atoms with Gasteiger partial charge in [0.15, 0.2) is 5.82 Å². The molecule has 27 heavy (non-hydrogen) atoms. The Labute approximate surface area is 162 Å². The lowest BCUT2D eigenvalue weighted by Gasteiger charge is -2.20. The van der Waals surface area contributed by atoms with Crippen LogP contribution >= 0.6 is 12.6 Å². The molecule has 0 N–H and O–H groups in total. The Morgan fingerprint density at radius 2 is 1.81 bits per heavy atom. The van der Waals surface area contributed by atoms with Gasteiger partial charge in [0.2, 0.25) is 0 Å². The third-order valence-electron chi connectivity index (χ3n) is 3.59. The molecule has 2 aromatic carbocycles. The molecule has 140 valence electrons. The van der Waals surface area contributed by atoms with E-state index >= 15 is 0 Å². The van der Waals surface area contributed by atoms with Gasteiger partial charge in [0.1, 0.15) is 11.4 Å². The zero-order chi connectivity index (χ0) is 19.6. The lowest BCUT2D eigenvalue weighted by atomic mass is 10.2. The molecule has 0 aliphatic carbocycles. The number of hydrogen-bond donors (Lipinski definition) is 1. The quantitative estimate of drug-likeness (QED) is 0.414.